The van der Waals surface area contributed by atoms with Crippen molar-refractivity contribution in [2.45, 2.75) is 24.7 Å². The Morgan fingerprint density at radius 3 is 2.74 bits per heavy atom. The summed E-state index contributed by atoms with van der Waals surface area (Å²) in [7, 11) is 0. The summed E-state index contributed by atoms with van der Waals surface area (Å²) in [6.07, 6.45) is -0.431. The third-order valence-electron chi connectivity index (χ3n) is 6.12. The number of pyridine rings is 2. The van der Waals surface area contributed by atoms with Crippen LogP contribution in [0.4, 0.5) is 13.2 Å². The lowest BCUT2D eigenvalue weighted by Crippen LogP contribution is -2.38. The van der Waals surface area contributed by atoms with E-state index in [-0.39, 0.29) is 18.2 Å². The van der Waals surface area contributed by atoms with Gasteiger partial charge < -0.3 is 10.5 Å². The smallest absolute Gasteiger partial charge is 0.408 e. The molecule has 0 aliphatic carbocycles. The van der Waals surface area contributed by atoms with Crippen LogP contribution in [0.3, 0.4) is 0 Å². The summed E-state index contributed by atoms with van der Waals surface area (Å²) in [5.41, 5.74) is 7.67. The van der Waals surface area contributed by atoms with E-state index in [0.29, 0.717) is 48.0 Å². The molecule has 3 aromatic heterocycles. The van der Waals surface area contributed by atoms with Gasteiger partial charge >= 0.3 is 6.18 Å². The Morgan fingerprint density at radius 1 is 1.17 bits per heavy atom. The third-order valence-corrected chi connectivity index (χ3v) is 6.70. The van der Waals surface area contributed by atoms with Crippen molar-refractivity contribution in [1.29, 1.82) is 0 Å². The number of nitrogens with zero attached hydrogens (tertiary/aromatic N) is 5. The number of benzene rings is 1. The molecule has 184 valence electrons. The van der Waals surface area contributed by atoms with Crippen LogP contribution in [-0.2, 0) is 0 Å². The molecule has 0 amide bonds. The number of hydrogen-bond donors (Lipinski definition) is 1. The Labute approximate surface area is 204 Å². The Bertz CT molecular complexity index is 1340. The molecule has 0 saturated carbocycles. The van der Waals surface area contributed by atoms with E-state index in [9.17, 15) is 13.2 Å². The number of hydrogen-bond acceptors (Lipinski definition) is 7. The zero-order chi connectivity index (χ0) is 24.6. The highest BCUT2D eigenvalue weighted by Gasteiger charge is 2.46. The molecule has 1 saturated heterocycles. The number of rotatable bonds is 7. The standard InChI is InChI=1S/C24H25F3N6OS/c1-35-11-10-34-18-5-2-15-3-6-19(29-20(15)12-18)23-31-30-21-7-4-16(13-33(21)23)22(24(25,26)27)32-9-8-17(28)14-32/h2-7,12-13,17,22H,8-11,14,28H2,1H3/t17?,22-/m1/s1. The number of aromatic nitrogens is 4. The fourth-order valence-electron chi connectivity index (χ4n) is 4.45. The van der Waals surface area contributed by atoms with Gasteiger partial charge in [0.1, 0.15) is 17.5 Å². The minimum Gasteiger partial charge on any atom is -0.493 e. The SMILES string of the molecule is CSCCOc1ccc2ccc(-c3nnc4ccc([C@@H](N5CCC(N)C5)C(F)(F)F)cn34)nc2c1. The van der Waals surface area contributed by atoms with Gasteiger partial charge in [-0.1, -0.05) is 12.1 Å². The summed E-state index contributed by atoms with van der Waals surface area (Å²) in [4.78, 5) is 6.10. The van der Waals surface area contributed by atoms with E-state index < -0.39 is 12.2 Å². The summed E-state index contributed by atoms with van der Waals surface area (Å²) in [5, 5.41) is 9.29. The summed E-state index contributed by atoms with van der Waals surface area (Å²) < 4.78 is 49.7. The second-order valence-corrected chi connectivity index (χ2v) is 9.58. The zero-order valence-electron chi connectivity index (χ0n) is 19.1. The Balaban J connectivity index is 1.52. The van der Waals surface area contributed by atoms with E-state index in [4.69, 9.17) is 15.5 Å². The third kappa shape index (κ3) is 4.93. The average molecular weight is 503 g/mol. The number of thioether (sulfide) groups is 1. The summed E-state index contributed by atoms with van der Waals surface area (Å²) in [5.74, 6) is 1.96. The molecule has 0 spiro atoms. The Hall–Kier alpha value is -2.89. The fourth-order valence-corrected chi connectivity index (χ4v) is 4.70. The lowest BCUT2D eigenvalue weighted by Gasteiger charge is -2.30. The van der Waals surface area contributed by atoms with Gasteiger partial charge in [-0.25, -0.2) is 4.98 Å². The maximum Gasteiger partial charge on any atom is 0.408 e. The van der Waals surface area contributed by atoms with Gasteiger partial charge in [0.05, 0.1) is 12.1 Å². The van der Waals surface area contributed by atoms with Crippen molar-refractivity contribution in [3.8, 4) is 17.3 Å². The van der Waals surface area contributed by atoms with Crippen LogP contribution in [0.25, 0.3) is 28.1 Å². The molecule has 11 heteroatoms. The topological polar surface area (TPSA) is 81.6 Å². The minimum absolute atomic E-state index is 0.116. The number of alkyl halides is 3. The van der Waals surface area contributed by atoms with Crippen LogP contribution >= 0.6 is 11.8 Å². The van der Waals surface area contributed by atoms with Crippen LogP contribution in [0.5, 0.6) is 5.75 Å². The van der Waals surface area contributed by atoms with Crippen LogP contribution in [-0.4, -0.2) is 68.4 Å². The lowest BCUT2D eigenvalue weighted by molar-refractivity contribution is -0.183. The van der Waals surface area contributed by atoms with E-state index in [1.165, 1.54) is 17.2 Å². The zero-order valence-corrected chi connectivity index (χ0v) is 19.9. The monoisotopic (exact) mass is 502 g/mol. The molecule has 0 bridgehead atoms. The molecule has 0 radical (unpaired) electrons. The first kappa shape index (κ1) is 23.8. The molecular formula is C24H25F3N6OS. The van der Waals surface area contributed by atoms with Gasteiger partial charge in [-0.05, 0) is 42.5 Å². The molecule has 1 aromatic carbocycles. The first-order chi connectivity index (χ1) is 16.8. The van der Waals surface area contributed by atoms with Crippen molar-refractivity contribution in [3.63, 3.8) is 0 Å². The molecule has 4 heterocycles. The second kappa shape index (κ2) is 9.63. The fraction of sp³-hybridized carbons (Fsp3) is 0.375. The molecule has 2 N–H and O–H groups in total. The highest BCUT2D eigenvalue weighted by Crippen LogP contribution is 2.39. The van der Waals surface area contributed by atoms with Gasteiger partial charge in [0.25, 0.3) is 0 Å². The molecule has 35 heavy (non-hydrogen) atoms. The number of halogens is 3. The van der Waals surface area contributed by atoms with Crippen LogP contribution in [0.2, 0.25) is 0 Å². The molecule has 1 unspecified atom stereocenters. The van der Waals surface area contributed by atoms with Crippen molar-refractivity contribution < 1.29 is 17.9 Å². The van der Waals surface area contributed by atoms with Gasteiger partial charge in [0.15, 0.2) is 11.5 Å². The molecule has 4 aromatic rings. The largest absolute Gasteiger partial charge is 0.493 e. The van der Waals surface area contributed by atoms with Crippen LogP contribution < -0.4 is 10.5 Å². The van der Waals surface area contributed by atoms with Crippen molar-refractivity contribution in [1.82, 2.24) is 24.5 Å². The highest BCUT2D eigenvalue weighted by atomic mass is 32.2. The lowest BCUT2D eigenvalue weighted by atomic mass is 10.1. The first-order valence-corrected chi connectivity index (χ1v) is 12.7. The van der Waals surface area contributed by atoms with Gasteiger partial charge in [-0.15, -0.1) is 10.2 Å². The maximum absolute atomic E-state index is 14.1. The minimum atomic E-state index is -4.44. The average Bonchev–Trinajstić information content (AvgIpc) is 3.44. The summed E-state index contributed by atoms with van der Waals surface area (Å²) in [6.45, 7) is 1.09. The van der Waals surface area contributed by atoms with E-state index in [1.807, 2.05) is 30.5 Å². The second-order valence-electron chi connectivity index (χ2n) is 8.59. The predicted molar refractivity (Wildman–Crippen MR) is 131 cm³/mol. The number of ether oxygens (including phenoxy) is 1. The first-order valence-electron chi connectivity index (χ1n) is 11.3. The van der Waals surface area contributed by atoms with Gasteiger partial charge in [-0.3, -0.25) is 9.30 Å². The highest BCUT2D eigenvalue weighted by molar-refractivity contribution is 7.98. The van der Waals surface area contributed by atoms with Gasteiger partial charge in [0, 0.05) is 42.5 Å². The number of fused-ring (bicyclic) bond motifs is 2. The molecular weight excluding hydrogens is 477 g/mol. The predicted octanol–water partition coefficient (Wildman–Crippen LogP) is 4.32. The van der Waals surface area contributed by atoms with Crippen molar-refractivity contribution in [2.75, 3.05) is 31.7 Å². The van der Waals surface area contributed by atoms with Crippen molar-refractivity contribution >= 4 is 28.3 Å². The number of nitrogens with two attached hydrogens (primary N) is 1. The van der Waals surface area contributed by atoms with Crippen LogP contribution in [0.15, 0.2) is 48.7 Å². The van der Waals surface area contributed by atoms with E-state index >= 15 is 0 Å². The summed E-state index contributed by atoms with van der Waals surface area (Å²) in [6, 6.07) is 10.4. The van der Waals surface area contributed by atoms with Crippen molar-refractivity contribution in [2.24, 2.45) is 5.73 Å². The van der Waals surface area contributed by atoms with E-state index in [0.717, 1.165) is 11.1 Å². The maximum atomic E-state index is 14.1. The molecule has 1 aliphatic rings. The molecule has 2 atom stereocenters. The molecule has 5 rings (SSSR count). The van der Waals surface area contributed by atoms with Crippen LogP contribution in [0, 0.1) is 0 Å². The molecule has 1 aliphatic heterocycles. The summed E-state index contributed by atoms with van der Waals surface area (Å²) >= 11 is 1.70. The van der Waals surface area contributed by atoms with Crippen molar-refractivity contribution in [3.05, 3.63) is 54.2 Å². The van der Waals surface area contributed by atoms with Crippen LogP contribution in [0.1, 0.15) is 18.0 Å². The molecule has 1 fully saturated rings. The quantitative estimate of drug-likeness (QED) is 0.377. The Morgan fingerprint density at radius 2 is 2.00 bits per heavy atom. The number of likely N-dealkylation sites (tertiary alicyclic amines) is 1. The molecule has 7 nitrogen and oxygen atoms in total. The van der Waals surface area contributed by atoms with E-state index in [1.54, 1.807) is 28.3 Å². The Kier molecular flexibility index (Phi) is 6.56. The van der Waals surface area contributed by atoms with E-state index in [2.05, 4.69) is 10.2 Å². The van der Waals surface area contributed by atoms with Gasteiger partial charge in [-0.2, -0.15) is 24.9 Å². The van der Waals surface area contributed by atoms with Gasteiger partial charge in [0.2, 0.25) is 0 Å². The normalized spacial score (nSPS) is 17.9.